The van der Waals surface area contributed by atoms with E-state index in [9.17, 15) is 13.0 Å². The molecule has 1 aliphatic rings. The molecule has 0 amide bonds. The van der Waals surface area contributed by atoms with Gasteiger partial charge in [-0.25, -0.2) is 13.1 Å². The van der Waals surface area contributed by atoms with Crippen molar-refractivity contribution < 1.29 is 17.5 Å². The summed E-state index contributed by atoms with van der Waals surface area (Å²) in [4.78, 5) is 0. The highest BCUT2D eigenvalue weighted by Crippen LogP contribution is 2.15. The van der Waals surface area contributed by atoms with E-state index in [-0.39, 0.29) is 6.54 Å². The number of nitrogens with zero attached hydrogens (tertiary/aromatic N) is 1. The molecule has 1 N–H and O–H groups in total. The largest absolute Gasteiger partial charge is 0.735 e. The number of nitrogens with one attached hydrogen (secondary N) is 1. The average Bonchev–Trinajstić information content (AvgIpc) is 2.51. The molecule has 0 saturated carbocycles. The molecule has 1 heterocycles. The Morgan fingerprint density at radius 3 is 2.00 bits per heavy atom. The van der Waals surface area contributed by atoms with Crippen molar-refractivity contribution in [2.75, 3.05) is 33.2 Å². The highest BCUT2D eigenvalue weighted by Gasteiger charge is 2.24. The Labute approximate surface area is 99.3 Å². The quantitative estimate of drug-likeness (QED) is 0.591. The lowest BCUT2D eigenvalue weighted by Crippen LogP contribution is -2.41. The van der Waals surface area contributed by atoms with Gasteiger partial charge < -0.3 is 9.04 Å². The van der Waals surface area contributed by atoms with E-state index in [1.807, 2.05) is 0 Å². The zero-order valence-corrected chi connectivity index (χ0v) is 11.3. The van der Waals surface area contributed by atoms with Gasteiger partial charge in [0.05, 0.1) is 26.7 Å². The van der Waals surface area contributed by atoms with Crippen molar-refractivity contribution in [1.82, 2.24) is 4.72 Å². The molecule has 1 saturated heterocycles. The third-order valence-corrected chi connectivity index (χ3v) is 3.37. The van der Waals surface area contributed by atoms with Gasteiger partial charge in [0.1, 0.15) is 0 Å². The standard InChI is InChI=1S/C8H18N.C2H7NO3S/c1-3-6-9(2)7-4-5-8-9;1-2-3-7(4,5)6/h3-8H2,1-2H3;3H,2H2,1H3,(H,4,5,6)/q+1;/p-1. The van der Waals surface area contributed by atoms with Crippen LogP contribution < -0.4 is 4.72 Å². The first-order valence-corrected chi connectivity index (χ1v) is 7.28. The molecule has 16 heavy (non-hydrogen) atoms. The number of hydrogen-bond donors (Lipinski definition) is 1. The second-order valence-corrected chi connectivity index (χ2v) is 5.65. The predicted molar refractivity (Wildman–Crippen MR) is 63.7 cm³/mol. The van der Waals surface area contributed by atoms with Gasteiger partial charge in [0.25, 0.3) is 0 Å². The lowest BCUT2D eigenvalue weighted by atomic mass is 10.4. The summed E-state index contributed by atoms with van der Waals surface area (Å²) in [6.07, 6.45) is 4.25. The molecule has 1 aliphatic heterocycles. The molecule has 0 aromatic heterocycles. The lowest BCUT2D eigenvalue weighted by molar-refractivity contribution is -0.897. The Morgan fingerprint density at radius 2 is 1.75 bits per heavy atom. The highest BCUT2D eigenvalue weighted by molar-refractivity contribution is 7.83. The minimum absolute atomic E-state index is 0.159. The van der Waals surface area contributed by atoms with Crippen LogP contribution >= 0.6 is 0 Å². The van der Waals surface area contributed by atoms with E-state index in [1.165, 1.54) is 50.3 Å². The normalized spacial score (nSPS) is 19.0. The first-order valence-electron chi connectivity index (χ1n) is 5.87. The smallest absolute Gasteiger partial charge is 0.159 e. The zero-order chi connectivity index (χ0) is 12.7. The Morgan fingerprint density at radius 1 is 1.25 bits per heavy atom. The van der Waals surface area contributed by atoms with E-state index in [4.69, 9.17) is 0 Å². The summed E-state index contributed by atoms with van der Waals surface area (Å²) < 4.78 is 31.7. The van der Waals surface area contributed by atoms with Crippen LogP contribution in [-0.4, -0.2) is 50.7 Å². The fraction of sp³-hybridized carbons (Fsp3) is 1.00. The molecule has 0 spiro atoms. The van der Waals surface area contributed by atoms with E-state index in [0.717, 1.165) is 0 Å². The summed E-state index contributed by atoms with van der Waals surface area (Å²) in [7, 11) is -1.79. The summed E-state index contributed by atoms with van der Waals surface area (Å²) >= 11 is 0. The van der Waals surface area contributed by atoms with E-state index in [2.05, 4.69) is 14.0 Å². The molecule has 98 valence electrons. The van der Waals surface area contributed by atoms with Gasteiger partial charge in [0, 0.05) is 19.4 Å². The van der Waals surface area contributed by atoms with Crippen molar-refractivity contribution in [1.29, 1.82) is 0 Å². The van der Waals surface area contributed by atoms with Crippen molar-refractivity contribution in [2.45, 2.75) is 33.1 Å². The van der Waals surface area contributed by atoms with Crippen LogP contribution in [0.1, 0.15) is 33.1 Å². The number of rotatable bonds is 4. The maximum Gasteiger partial charge on any atom is 0.159 e. The van der Waals surface area contributed by atoms with Crippen LogP contribution in [0.3, 0.4) is 0 Å². The molecule has 5 nitrogen and oxygen atoms in total. The summed E-state index contributed by atoms with van der Waals surface area (Å²) in [5.41, 5.74) is 0. The van der Waals surface area contributed by atoms with Crippen LogP contribution in [-0.2, 0) is 10.3 Å². The van der Waals surface area contributed by atoms with E-state index >= 15 is 0 Å². The molecule has 6 heteroatoms. The maximum absolute atomic E-state index is 9.56. The summed E-state index contributed by atoms with van der Waals surface area (Å²) in [5, 5.41) is 0. The maximum atomic E-state index is 9.56. The molecule has 0 radical (unpaired) electrons. The Bertz CT molecular complexity index is 272. The second kappa shape index (κ2) is 7.21. The molecule has 1 rings (SSSR count). The minimum atomic E-state index is -4.17. The van der Waals surface area contributed by atoms with Gasteiger partial charge in [0.15, 0.2) is 10.3 Å². The van der Waals surface area contributed by atoms with Gasteiger partial charge in [-0.3, -0.25) is 0 Å². The van der Waals surface area contributed by atoms with Gasteiger partial charge in [-0.15, -0.1) is 0 Å². The van der Waals surface area contributed by atoms with Crippen molar-refractivity contribution in [3.8, 4) is 0 Å². The molecule has 0 atom stereocenters. The summed E-state index contributed by atoms with van der Waals surface area (Å²) in [5.74, 6) is 0. The van der Waals surface area contributed by atoms with Crippen molar-refractivity contribution >= 4 is 10.3 Å². The Balaban J connectivity index is 0.000000293. The molecule has 1 fully saturated rings. The molecule has 0 unspecified atom stereocenters. The van der Waals surface area contributed by atoms with Crippen LogP contribution in [0, 0.1) is 0 Å². The topological polar surface area (TPSA) is 69.2 Å². The fourth-order valence-electron chi connectivity index (χ4n) is 2.04. The molecule has 0 bridgehead atoms. The second-order valence-electron chi connectivity index (χ2n) is 4.45. The zero-order valence-electron chi connectivity index (χ0n) is 10.5. The first-order chi connectivity index (χ1) is 7.33. The first kappa shape index (κ1) is 15.8. The number of quaternary nitrogens is 1. The number of likely N-dealkylation sites (tertiary alicyclic amines) is 1. The SMILES string of the molecule is CCC[N+]1(C)CCCC1.CCNS(=O)(=O)[O-]. The van der Waals surface area contributed by atoms with E-state index in [0.29, 0.717) is 0 Å². The van der Waals surface area contributed by atoms with Gasteiger partial charge >= 0.3 is 0 Å². The van der Waals surface area contributed by atoms with Crippen molar-refractivity contribution in [3.05, 3.63) is 0 Å². The van der Waals surface area contributed by atoms with Crippen LogP contribution in [0.2, 0.25) is 0 Å². The van der Waals surface area contributed by atoms with Crippen molar-refractivity contribution in [3.63, 3.8) is 0 Å². The summed E-state index contributed by atoms with van der Waals surface area (Å²) in [6, 6.07) is 0. The van der Waals surface area contributed by atoms with Crippen LogP contribution in [0.25, 0.3) is 0 Å². The lowest BCUT2D eigenvalue weighted by Gasteiger charge is -2.28. The Kier molecular flexibility index (Phi) is 7.14. The monoisotopic (exact) mass is 252 g/mol. The predicted octanol–water partition coefficient (Wildman–Crippen LogP) is 0.693. The van der Waals surface area contributed by atoms with Crippen LogP contribution in [0.15, 0.2) is 0 Å². The highest BCUT2D eigenvalue weighted by atomic mass is 32.2. The number of hydrogen-bond acceptors (Lipinski definition) is 3. The fourth-order valence-corrected chi connectivity index (χ4v) is 2.39. The van der Waals surface area contributed by atoms with E-state index < -0.39 is 10.3 Å². The third-order valence-electron chi connectivity index (χ3n) is 2.73. The van der Waals surface area contributed by atoms with Gasteiger partial charge in [-0.05, 0) is 6.42 Å². The van der Waals surface area contributed by atoms with E-state index in [1.54, 1.807) is 4.72 Å². The van der Waals surface area contributed by atoms with Gasteiger partial charge in [-0.1, -0.05) is 13.8 Å². The molecule has 0 aliphatic carbocycles. The van der Waals surface area contributed by atoms with Crippen LogP contribution in [0.5, 0.6) is 0 Å². The summed E-state index contributed by atoms with van der Waals surface area (Å²) in [6.45, 7) is 8.21. The third kappa shape index (κ3) is 8.04. The molecular weight excluding hydrogens is 228 g/mol. The molecule has 0 aromatic rings. The molecular formula is C10H24N2O3S. The molecule has 0 aromatic carbocycles. The average molecular weight is 252 g/mol. The van der Waals surface area contributed by atoms with Crippen LogP contribution in [0.4, 0.5) is 0 Å². The Hall–Kier alpha value is -0.170. The van der Waals surface area contributed by atoms with Gasteiger partial charge in [-0.2, -0.15) is 0 Å². The minimum Gasteiger partial charge on any atom is -0.735 e. The van der Waals surface area contributed by atoms with Gasteiger partial charge in [0.2, 0.25) is 0 Å². The van der Waals surface area contributed by atoms with Crippen molar-refractivity contribution in [2.24, 2.45) is 0 Å².